The summed E-state index contributed by atoms with van der Waals surface area (Å²) in [6.07, 6.45) is 19.7. The van der Waals surface area contributed by atoms with Crippen LogP contribution < -0.4 is 10.6 Å². The Bertz CT molecular complexity index is 731. The first-order valence-corrected chi connectivity index (χ1v) is 13.7. The van der Waals surface area contributed by atoms with Crippen molar-refractivity contribution in [3.63, 3.8) is 0 Å². The molecule has 0 saturated heterocycles. The molecule has 2 N–H and O–H groups in total. The Balaban J connectivity index is 1.38. The first-order chi connectivity index (χ1) is 15.4. The second-order valence-corrected chi connectivity index (χ2v) is 11.9. The molecule has 1 heterocycles. The third-order valence-corrected chi connectivity index (χ3v) is 9.87. The van der Waals surface area contributed by atoms with Crippen LogP contribution in [0, 0.1) is 28.6 Å². The molecule has 3 fully saturated rings. The van der Waals surface area contributed by atoms with Crippen LogP contribution in [-0.4, -0.2) is 24.4 Å². The van der Waals surface area contributed by atoms with Gasteiger partial charge in [-0.05, 0) is 68.1 Å². The third kappa shape index (κ3) is 4.53. The molecule has 0 aromatic heterocycles. The minimum Gasteiger partial charge on any atom is -0.352 e. The first-order valence-electron chi connectivity index (χ1n) is 13.7. The maximum atomic E-state index is 13.0. The zero-order valence-electron chi connectivity index (χ0n) is 20.8. The lowest BCUT2D eigenvalue weighted by molar-refractivity contribution is -0.128. The summed E-state index contributed by atoms with van der Waals surface area (Å²) in [4.78, 5) is 25.8. The fraction of sp³-hybridized carbons (Fsp3) is 0.857. The number of carbonyl (C=O) groups excluding carboxylic acids is 2. The fourth-order valence-electron chi connectivity index (χ4n) is 7.98. The molecule has 0 bridgehead atoms. The Morgan fingerprint density at radius 1 is 1.00 bits per heavy atom. The van der Waals surface area contributed by atoms with Crippen molar-refractivity contribution in [2.45, 2.75) is 117 Å². The van der Waals surface area contributed by atoms with Crippen LogP contribution in [0.15, 0.2) is 11.6 Å². The molecule has 0 aromatic carbocycles. The van der Waals surface area contributed by atoms with Gasteiger partial charge in [0.1, 0.15) is 5.57 Å². The summed E-state index contributed by atoms with van der Waals surface area (Å²) in [6.45, 7) is 7.76. The van der Waals surface area contributed by atoms with Crippen LogP contribution in [0.4, 0.5) is 0 Å². The van der Waals surface area contributed by atoms with E-state index in [4.69, 9.17) is 0 Å². The summed E-state index contributed by atoms with van der Waals surface area (Å²) >= 11 is 0. The summed E-state index contributed by atoms with van der Waals surface area (Å²) in [6, 6.07) is 0.182. The van der Waals surface area contributed by atoms with Gasteiger partial charge in [0.25, 0.3) is 11.8 Å². The van der Waals surface area contributed by atoms with Gasteiger partial charge in [-0.25, -0.2) is 0 Å². The van der Waals surface area contributed by atoms with E-state index in [-0.39, 0.29) is 23.3 Å². The number of amides is 2. The van der Waals surface area contributed by atoms with E-state index >= 15 is 0 Å². The molecule has 3 aliphatic carbocycles. The Labute approximate surface area is 195 Å². The highest BCUT2D eigenvalue weighted by molar-refractivity contribution is 6.19. The van der Waals surface area contributed by atoms with E-state index in [9.17, 15) is 9.59 Å². The van der Waals surface area contributed by atoms with Crippen LogP contribution in [0.1, 0.15) is 111 Å². The van der Waals surface area contributed by atoms with Crippen molar-refractivity contribution in [3.05, 3.63) is 11.6 Å². The van der Waals surface area contributed by atoms with Gasteiger partial charge in [-0.2, -0.15) is 0 Å². The molecule has 32 heavy (non-hydrogen) atoms. The summed E-state index contributed by atoms with van der Waals surface area (Å²) < 4.78 is 0. The minimum absolute atomic E-state index is 0.0906. The number of rotatable bonds is 9. The average Bonchev–Trinajstić information content (AvgIpc) is 3.17. The smallest absolute Gasteiger partial charge is 0.256 e. The molecule has 1 aliphatic heterocycles. The summed E-state index contributed by atoms with van der Waals surface area (Å²) in [7, 11) is 0. The highest BCUT2D eigenvalue weighted by atomic mass is 16.2. The topological polar surface area (TPSA) is 58.2 Å². The van der Waals surface area contributed by atoms with E-state index in [0.29, 0.717) is 23.5 Å². The maximum absolute atomic E-state index is 13.0. The van der Waals surface area contributed by atoms with Crippen LogP contribution in [0.5, 0.6) is 0 Å². The number of hydrogen-bond acceptors (Lipinski definition) is 2. The molecule has 0 aromatic rings. The molecule has 180 valence electrons. The van der Waals surface area contributed by atoms with Gasteiger partial charge < -0.3 is 10.6 Å². The van der Waals surface area contributed by atoms with Crippen LogP contribution >= 0.6 is 0 Å². The second-order valence-electron chi connectivity index (χ2n) is 11.9. The van der Waals surface area contributed by atoms with Crippen molar-refractivity contribution in [2.75, 3.05) is 6.54 Å². The van der Waals surface area contributed by atoms with E-state index in [2.05, 4.69) is 37.5 Å². The van der Waals surface area contributed by atoms with Gasteiger partial charge in [0.05, 0.1) is 0 Å². The summed E-state index contributed by atoms with van der Waals surface area (Å²) in [5, 5.41) is 6.30. The maximum Gasteiger partial charge on any atom is 0.256 e. The largest absolute Gasteiger partial charge is 0.352 e. The molecule has 4 heteroatoms. The summed E-state index contributed by atoms with van der Waals surface area (Å²) in [5.74, 6) is 1.84. The van der Waals surface area contributed by atoms with E-state index in [1.807, 2.05) is 0 Å². The van der Waals surface area contributed by atoms with Gasteiger partial charge in [0, 0.05) is 18.0 Å². The zero-order valence-corrected chi connectivity index (χ0v) is 20.8. The lowest BCUT2D eigenvalue weighted by Crippen LogP contribution is -2.60. The molecule has 3 saturated carbocycles. The van der Waals surface area contributed by atoms with Crippen molar-refractivity contribution in [1.29, 1.82) is 0 Å². The molecule has 0 radical (unpaired) electrons. The predicted octanol–water partition coefficient (Wildman–Crippen LogP) is 5.91. The van der Waals surface area contributed by atoms with Crippen molar-refractivity contribution in [3.8, 4) is 0 Å². The van der Waals surface area contributed by atoms with Gasteiger partial charge in [-0.3, -0.25) is 9.59 Å². The molecule has 4 aliphatic rings. The van der Waals surface area contributed by atoms with Crippen molar-refractivity contribution in [2.24, 2.45) is 28.6 Å². The highest BCUT2D eigenvalue weighted by Crippen LogP contribution is 2.63. The van der Waals surface area contributed by atoms with Crippen LogP contribution in [-0.2, 0) is 9.59 Å². The SMILES string of the molecule is CCCCCCCCCNC(=O)C1=C[C@@]2(C)[C@@H](CC[C@H]3[C@@H]4CCC[C@@]4(C)CC[C@@H]32)NC1=O. The number of fused-ring (bicyclic) bond motifs is 5. The second kappa shape index (κ2) is 9.89. The number of carbonyl (C=O) groups is 2. The molecular formula is C28H46N2O2. The predicted molar refractivity (Wildman–Crippen MR) is 130 cm³/mol. The zero-order chi connectivity index (χ0) is 22.8. The monoisotopic (exact) mass is 442 g/mol. The van der Waals surface area contributed by atoms with E-state index in [0.717, 1.165) is 31.1 Å². The lowest BCUT2D eigenvalue weighted by atomic mass is 9.48. The third-order valence-electron chi connectivity index (χ3n) is 9.87. The van der Waals surface area contributed by atoms with Crippen molar-refractivity contribution in [1.82, 2.24) is 10.6 Å². The molecular weight excluding hydrogens is 396 g/mol. The van der Waals surface area contributed by atoms with E-state index < -0.39 is 0 Å². The van der Waals surface area contributed by atoms with Gasteiger partial charge in [0.15, 0.2) is 0 Å². The van der Waals surface area contributed by atoms with E-state index in [1.54, 1.807) is 0 Å². The Morgan fingerprint density at radius 3 is 2.53 bits per heavy atom. The van der Waals surface area contributed by atoms with Crippen molar-refractivity contribution >= 4 is 11.8 Å². The standard InChI is InChI=1S/C28H46N2O2/c1-4-5-6-7-8-9-10-18-29-25(31)21-19-28(3)23-15-17-27(2)16-11-12-22(27)20(23)13-14-24(28)30-26(21)32/h19-20,22-24H,4-18H2,1-3H3,(H,29,31)(H,30,32)/t20-,22-,23-,24+,27-,28+/m0/s1. The Kier molecular flexibility index (Phi) is 7.36. The van der Waals surface area contributed by atoms with Crippen LogP contribution in [0.25, 0.3) is 0 Å². The van der Waals surface area contributed by atoms with Gasteiger partial charge >= 0.3 is 0 Å². The Hall–Kier alpha value is -1.32. The fourth-order valence-corrected chi connectivity index (χ4v) is 7.98. The van der Waals surface area contributed by atoms with Gasteiger partial charge in [0.2, 0.25) is 0 Å². The van der Waals surface area contributed by atoms with Gasteiger partial charge in [-0.15, -0.1) is 0 Å². The molecule has 4 nitrogen and oxygen atoms in total. The molecule has 2 amide bonds. The summed E-state index contributed by atoms with van der Waals surface area (Å²) in [5.41, 5.74) is 0.808. The molecule has 0 unspecified atom stereocenters. The molecule has 6 atom stereocenters. The molecule has 4 rings (SSSR count). The number of hydrogen-bond donors (Lipinski definition) is 2. The van der Waals surface area contributed by atoms with Crippen molar-refractivity contribution < 1.29 is 9.59 Å². The van der Waals surface area contributed by atoms with Gasteiger partial charge in [-0.1, -0.05) is 71.8 Å². The van der Waals surface area contributed by atoms with Crippen LogP contribution in [0.2, 0.25) is 0 Å². The Morgan fingerprint density at radius 2 is 1.75 bits per heavy atom. The quantitative estimate of drug-likeness (QED) is 0.344. The lowest BCUT2D eigenvalue weighted by Gasteiger charge is -2.58. The average molecular weight is 443 g/mol. The molecule has 0 spiro atoms. The number of unbranched alkanes of at least 4 members (excludes halogenated alkanes) is 6. The van der Waals surface area contributed by atoms with Crippen LogP contribution in [0.3, 0.4) is 0 Å². The number of nitrogens with one attached hydrogen (secondary N) is 2. The first kappa shape index (κ1) is 23.8. The minimum atomic E-state index is -0.170. The normalized spacial score (nSPS) is 38.2. The van der Waals surface area contributed by atoms with E-state index in [1.165, 1.54) is 70.6 Å². The highest BCUT2D eigenvalue weighted by Gasteiger charge is 2.58.